The number of carbonyl (C=O) groups excluding carboxylic acids is 2. The molecule has 1 aromatic carbocycles. The second-order valence-electron chi connectivity index (χ2n) is 9.92. The summed E-state index contributed by atoms with van der Waals surface area (Å²) in [5.74, 6) is 1.01. The van der Waals surface area contributed by atoms with Crippen molar-refractivity contribution in [1.82, 2.24) is 9.80 Å². The molecule has 2 amide bonds. The van der Waals surface area contributed by atoms with E-state index in [0.29, 0.717) is 5.92 Å². The lowest BCUT2D eigenvalue weighted by Gasteiger charge is -2.62. The van der Waals surface area contributed by atoms with Crippen molar-refractivity contribution >= 4 is 11.8 Å². The highest BCUT2D eigenvalue weighted by Gasteiger charge is 2.62. The second kappa shape index (κ2) is 7.99. The largest absolute Gasteiger partial charge is 0.366 e. The molecule has 5 rings (SSSR count). The van der Waals surface area contributed by atoms with E-state index in [1.807, 2.05) is 36.1 Å². The summed E-state index contributed by atoms with van der Waals surface area (Å²) in [6, 6.07) is 8.08. The Morgan fingerprint density at radius 1 is 1.10 bits per heavy atom. The molecular weight excluding hydrogens is 376 g/mol. The summed E-state index contributed by atoms with van der Waals surface area (Å²) in [6.45, 7) is 4.23. The summed E-state index contributed by atoms with van der Waals surface area (Å²) in [4.78, 5) is 30.2. The van der Waals surface area contributed by atoms with Gasteiger partial charge in [0.05, 0.1) is 12.1 Å². The number of hydrogen-bond donors (Lipinski definition) is 0. The van der Waals surface area contributed by atoms with Crippen LogP contribution < -0.4 is 0 Å². The van der Waals surface area contributed by atoms with Gasteiger partial charge in [0.1, 0.15) is 0 Å². The second-order valence-corrected chi connectivity index (χ2v) is 9.92. The van der Waals surface area contributed by atoms with Gasteiger partial charge in [0, 0.05) is 24.7 Å². The molecule has 0 radical (unpaired) electrons. The highest BCUT2D eigenvalue weighted by Crippen LogP contribution is 2.48. The first kappa shape index (κ1) is 20.0. The van der Waals surface area contributed by atoms with Crippen LogP contribution in [0.4, 0.5) is 0 Å². The quantitative estimate of drug-likeness (QED) is 0.691. The van der Waals surface area contributed by atoms with Gasteiger partial charge in [-0.1, -0.05) is 37.0 Å². The minimum absolute atomic E-state index is 0.0718. The Morgan fingerprint density at radius 2 is 1.83 bits per heavy atom. The van der Waals surface area contributed by atoms with Crippen molar-refractivity contribution in [3.63, 3.8) is 0 Å². The Labute approximate surface area is 179 Å². The fraction of sp³-hybridized carbons (Fsp3) is 0.680. The van der Waals surface area contributed by atoms with Crippen molar-refractivity contribution in [3.05, 3.63) is 35.4 Å². The lowest BCUT2D eigenvalue weighted by molar-refractivity contribution is -0.211. The van der Waals surface area contributed by atoms with Crippen LogP contribution >= 0.6 is 0 Å². The van der Waals surface area contributed by atoms with E-state index in [1.54, 1.807) is 0 Å². The monoisotopic (exact) mass is 410 g/mol. The van der Waals surface area contributed by atoms with Crippen molar-refractivity contribution in [3.8, 4) is 0 Å². The summed E-state index contributed by atoms with van der Waals surface area (Å²) in [6.07, 6.45) is 9.85. The maximum absolute atomic E-state index is 13.2. The van der Waals surface area contributed by atoms with Crippen molar-refractivity contribution in [2.45, 2.75) is 82.4 Å². The molecule has 0 bridgehead atoms. The van der Waals surface area contributed by atoms with E-state index in [-0.39, 0.29) is 29.5 Å². The Hall–Kier alpha value is -1.88. The van der Waals surface area contributed by atoms with Gasteiger partial charge in [-0.15, -0.1) is 0 Å². The number of nitrogens with zero attached hydrogens (tertiary/aromatic N) is 2. The van der Waals surface area contributed by atoms with E-state index in [1.165, 1.54) is 32.1 Å². The third-order valence-corrected chi connectivity index (χ3v) is 7.73. The molecular formula is C25H34N2O3. The third kappa shape index (κ3) is 3.55. The fourth-order valence-electron chi connectivity index (χ4n) is 5.88. The molecule has 5 nitrogen and oxygen atoms in total. The normalized spacial score (nSPS) is 26.7. The molecule has 4 fully saturated rings. The molecule has 30 heavy (non-hydrogen) atoms. The smallest absolute Gasteiger partial charge is 0.254 e. The molecule has 0 N–H and O–H groups in total. The van der Waals surface area contributed by atoms with Crippen LogP contribution in [0.1, 0.15) is 73.7 Å². The molecule has 2 aliphatic heterocycles. The topological polar surface area (TPSA) is 49.9 Å². The van der Waals surface area contributed by atoms with Gasteiger partial charge in [-0.2, -0.15) is 0 Å². The number of carbonyl (C=O) groups is 2. The lowest BCUT2D eigenvalue weighted by atomic mass is 9.68. The van der Waals surface area contributed by atoms with E-state index in [0.717, 1.165) is 56.5 Å². The summed E-state index contributed by atoms with van der Waals surface area (Å²) < 4.78 is 6.20. The van der Waals surface area contributed by atoms with Crippen LogP contribution in [0.15, 0.2) is 24.3 Å². The third-order valence-electron chi connectivity index (χ3n) is 7.73. The standard InChI is InChI=1S/C25H34N2O3/c1-18-6-5-7-20(16-18)23(28)26-14-10-21(11-15-26)27-24(29)22(30-17-19-8-9-19)25(27)12-3-2-4-13-25/h5-7,16,19,21-22H,2-4,8-15,17H2,1H3. The molecule has 4 aliphatic rings. The van der Waals surface area contributed by atoms with Crippen molar-refractivity contribution in [2.24, 2.45) is 5.92 Å². The lowest BCUT2D eigenvalue weighted by Crippen LogP contribution is -2.78. The Balaban J connectivity index is 1.24. The number of β-lactam (4-membered cyclic amide) rings is 1. The van der Waals surface area contributed by atoms with Crippen molar-refractivity contribution in [2.75, 3.05) is 19.7 Å². The molecule has 1 unspecified atom stereocenters. The molecule has 1 spiro atoms. The van der Waals surface area contributed by atoms with Gasteiger partial charge in [0.15, 0.2) is 6.10 Å². The number of likely N-dealkylation sites (tertiary alicyclic amines) is 2. The summed E-state index contributed by atoms with van der Waals surface area (Å²) in [5, 5.41) is 0. The van der Waals surface area contributed by atoms with Crippen molar-refractivity contribution in [1.29, 1.82) is 0 Å². The molecule has 1 aromatic rings. The van der Waals surface area contributed by atoms with Crippen LogP contribution in [0.5, 0.6) is 0 Å². The van der Waals surface area contributed by atoms with Crippen LogP contribution in [0.2, 0.25) is 0 Å². The molecule has 5 heteroatoms. The van der Waals surface area contributed by atoms with Gasteiger partial charge in [0.2, 0.25) is 0 Å². The predicted octanol–water partition coefficient (Wildman–Crippen LogP) is 3.94. The minimum atomic E-state index is -0.217. The van der Waals surface area contributed by atoms with E-state index in [2.05, 4.69) is 4.90 Å². The molecule has 1 atom stereocenters. The molecule has 2 aliphatic carbocycles. The average molecular weight is 411 g/mol. The van der Waals surface area contributed by atoms with Crippen LogP contribution in [0.3, 0.4) is 0 Å². The predicted molar refractivity (Wildman–Crippen MR) is 115 cm³/mol. The minimum Gasteiger partial charge on any atom is -0.366 e. The van der Waals surface area contributed by atoms with Crippen LogP contribution in [-0.4, -0.2) is 59.0 Å². The molecule has 2 saturated carbocycles. The number of ether oxygens (including phenoxy) is 1. The van der Waals surface area contributed by atoms with Crippen LogP contribution in [0.25, 0.3) is 0 Å². The van der Waals surface area contributed by atoms with Crippen LogP contribution in [0, 0.1) is 12.8 Å². The Kier molecular flexibility index (Phi) is 5.34. The van der Waals surface area contributed by atoms with Gasteiger partial charge < -0.3 is 14.5 Å². The zero-order valence-corrected chi connectivity index (χ0v) is 18.1. The summed E-state index contributed by atoms with van der Waals surface area (Å²) in [7, 11) is 0. The van der Waals surface area contributed by atoms with Gasteiger partial charge in [0.25, 0.3) is 11.8 Å². The highest BCUT2D eigenvalue weighted by molar-refractivity contribution is 5.94. The maximum Gasteiger partial charge on any atom is 0.254 e. The first-order chi connectivity index (χ1) is 14.6. The van der Waals surface area contributed by atoms with E-state index >= 15 is 0 Å². The van der Waals surface area contributed by atoms with Gasteiger partial charge in [-0.3, -0.25) is 9.59 Å². The number of amides is 2. The summed E-state index contributed by atoms with van der Waals surface area (Å²) in [5.41, 5.74) is 1.81. The van der Waals surface area contributed by atoms with E-state index in [4.69, 9.17) is 4.74 Å². The Bertz CT molecular complexity index is 804. The van der Waals surface area contributed by atoms with E-state index in [9.17, 15) is 9.59 Å². The van der Waals surface area contributed by atoms with Gasteiger partial charge >= 0.3 is 0 Å². The fourth-order valence-corrected chi connectivity index (χ4v) is 5.88. The number of rotatable bonds is 5. The number of hydrogen-bond acceptors (Lipinski definition) is 3. The highest BCUT2D eigenvalue weighted by atomic mass is 16.5. The SMILES string of the molecule is Cc1cccc(C(=O)N2CCC(N3C(=O)C(OCC4CC4)C34CCCCC4)CC2)c1. The van der Waals surface area contributed by atoms with Crippen molar-refractivity contribution < 1.29 is 14.3 Å². The first-order valence-electron chi connectivity index (χ1n) is 11.9. The molecule has 2 heterocycles. The van der Waals surface area contributed by atoms with Crippen LogP contribution in [-0.2, 0) is 9.53 Å². The molecule has 162 valence electrons. The Morgan fingerprint density at radius 3 is 2.50 bits per heavy atom. The summed E-state index contributed by atoms with van der Waals surface area (Å²) >= 11 is 0. The first-order valence-corrected chi connectivity index (χ1v) is 11.9. The zero-order chi connectivity index (χ0) is 20.7. The van der Waals surface area contributed by atoms with Gasteiger partial charge in [-0.25, -0.2) is 0 Å². The maximum atomic E-state index is 13.2. The van der Waals surface area contributed by atoms with Gasteiger partial charge in [-0.05, 0) is 63.5 Å². The molecule has 0 aromatic heterocycles. The number of benzene rings is 1. The number of aryl methyl sites for hydroxylation is 1. The number of piperidine rings is 1. The molecule has 2 saturated heterocycles. The zero-order valence-electron chi connectivity index (χ0n) is 18.1. The van der Waals surface area contributed by atoms with E-state index < -0.39 is 0 Å². The average Bonchev–Trinajstić information content (AvgIpc) is 3.59.